The van der Waals surface area contributed by atoms with Crippen LogP contribution in [0.3, 0.4) is 0 Å². The van der Waals surface area contributed by atoms with Gasteiger partial charge < -0.3 is 82.0 Å². The van der Waals surface area contributed by atoms with E-state index in [1.54, 1.807) is 96.2 Å². The third-order valence-electron chi connectivity index (χ3n) is 11.0. The van der Waals surface area contributed by atoms with E-state index < -0.39 is 84.6 Å². The van der Waals surface area contributed by atoms with Gasteiger partial charge in [0.25, 0.3) is 0 Å². The first-order valence-electron chi connectivity index (χ1n) is 22.3. The largest absolute Gasteiger partial charge is 0.497 e. The first kappa shape index (κ1) is 56.7. The summed E-state index contributed by atoms with van der Waals surface area (Å²) in [6.07, 6.45) is 7.36. The Hall–Kier alpha value is -4.90. The lowest BCUT2D eigenvalue weighted by Gasteiger charge is -2.24. The first-order valence-corrected chi connectivity index (χ1v) is 22.3. The highest BCUT2D eigenvalue weighted by molar-refractivity contribution is 5.97. The fraction of sp³-hybridized carbons (Fsp3) is 0.560. The summed E-state index contributed by atoms with van der Waals surface area (Å²) in [6, 6.07) is 6.40. The lowest BCUT2D eigenvalue weighted by molar-refractivity contribution is -0.152. The number of hydrogen-bond acceptors (Lipinski definition) is 18. The molecule has 0 spiro atoms. The van der Waals surface area contributed by atoms with Crippen LogP contribution in [0.4, 0.5) is 0 Å². The van der Waals surface area contributed by atoms with Crippen molar-refractivity contribution >= 4 is 24.1 Å². The SMILES string of the molecule is COCOc1cc(OC)cc(/C=C/C[C@@H]2OC(C)(C)O[C@@H]2C(O)/C=C\[C@@H](OC)[C@H](C)O)c1C(=O)O.COCOc1cc(OC)cc2c1C(=O)O[C@@H](C)[C@H](OC)/C=C\C(O)[C@H]1OC(C)(C)O[C@H]1C/C=C/2. The van der Waals surface area contributed by atoms with E-state index in [4.69, 9.17) is 61.6 Å². The quantitative estimate of drug-likeness (QED) is 0.0796. The normalized spacial score (nSPS) is 26.6. The minimum atomic E-state index is -1.16. The zero-order valence-electron chi connectivity index (χ0n) is 41.4. The highest BCUT2D eigenvalue weighted by atomic mass is 16.8. The second kappa shape index (κ2) is 26.3. The second-order valence-corrected chi connectivity index (χ2v) is 17.1. The van der Waals surface area contributed by atoms with E-state index >= 15 is 0 Å². The van der Waals surface area contributed by atoms with Crippen molar-refractivity contribution in [2.75, 3.05) is 56.2 Å². The number of aliphatic hydroxyl groups is 3. The maximum atomic E-state index is 13.3. The minimum Gasteiger partial charge on any atom is -0.497 e. The number of aliphatic hydroxyl groups excluding tert-OH is 3. The first-order chi connectivity index (χ1) is 32.7. The molecule has 10 atom stereocenters. The third kappa shape index (κ3) is 16.1. The van der Waals surface area contributed by atoms with Crippen LogP contribution in [-0.2, 0) is 42.6 Å². The zero-order valence-corrected chi connectivity index (χ0v) is 41.4. The van der Waals surface area contributed by atoms with Crippen molar-refractivity contribution < 1.29 is 91.6 Å². The number of ether oxygens (including phenoxy) is 13. The molecule has 2 aromatic carbocycles. The number of aromatic carboxylic acids is 1. The predicted octanol–water partition coefficient (Wildman–Crippen LogP) is 5.70. The van der Waals surface area contributed by atoms with E-state index in [-0.39, 0.29) is 36.2 Å². The van der Waals surface area contributed by atoms with Gasteiger partial charge in [-0.25, -0.2) is 9.59 Å². The van der Waals surface area contributed by atoms with E-state index in [9.17, 15) is 30.0 Å². The number of hydrogen-bond donors (Lipinski definition) is 4. The van der Waals surface area contributed by atoms with E-state index in [0.717, 1.165) is 0 Å². The molecule has 0 amide bonds. The summed E-state index contributed by atoms with van der Waals surface area (Å²) in [4.78, 5) is 25.2. The standard InChI is InChI=1S/C25H36O10.C25H34O9/c1-15(26)19(32-6)11-10-18(27)23-20(34-25(2,3)35-23)9-7-8-16-12-17(31-5)13-21(33-14-30-4)22(16)24(28)29;1-15-19(30-6)11-10-18(26)23-20(33-25(2,3)34-23)9-7-8-16-12-17(29-5)13-21(31-14-28-4)22(16)24(27)32-15/h7-8,10-13,15,18-20,23,26-27H,9,14H2,1-6H3,(H,28,29);7-8,10-13,15,18-20,23,26H,9,14H2,1-6H3/b2*8-7+,11-10-/t2*15-,18?,19+,20-,23+/m00/s1. The molecule has 5 rings (SSSR count). The molecule has 3 heterocycles. The van der Waals surface area contributed by atoms with Gasteiger partial charge in [-0.3, -0.25) is 0 Å². The molecule has 2 saturated heterocycles. The highest BCUT2D eigenvalue weighted by Crippen LogP contribution is 2.37. The number of methoxy groups -OCH3 is 6. The molecular weight excluding hydrogens is 905 g/mol. The van der Waals surface area contributed by atoms with Gasteiger partial charge in [0.15, 0.2) is 25.2 Å². The Morgan fingerprint density at radius 1 is 0.855 bits per heavy atom. The number of esters is 1. The Labute approximate surface area is 404 Å². The monoisotopic (exact) mass is 974 g/mol. The summed E-state index contributed by atoms with van der Waals surface area (Å²) in [6.45, 7) is 10.2. The summed E-state index contributed by atoms with van der Waals surface area (Å²) in [5.41, 5.74) is 1.11. The van der Waals surface area contributed by atoms with E-state index in [1.807, 2.05) is 6.08 Å². The topological polar surface area (TPSA) is 235 Å². The molecule has 0 aliphatic carbocycles. The summed E-state index contributed by atoms with van der Waals surface area (Å²) < 4.78 is 72.0. The van der Waals surface area contributed by atoms with Crippen LogP contribution >= 0.6 is 0 Å². The van der Waals surface area contributed by atoms with Crippen LogP contribution in [0.2, 0.25) is 0 Å². The number of rotatable bonds is 18. The van der Waals surface area contributed by atoms with Crippen molar-refractivity contribution in [2.24, 2.45) is 0 Å². The summed E-state index contributed by atoms with van der Waals surface area (Å²) >= 11 is 0. The van der Waals surface area contributed by atoms with Crippen molar-refractivity contribution in [1.29, 1.82) is 0 Å². The number of carbonyl (C=O) groups excluding carboxylic acids is 1. The molecule has 69 heavy (non-hydrogen) atoms. The molecule has 19 nitrogen and oxygen atoms in total. The van der Waals surface area contributed by atoms with Gasteiger partial charge in [-0.05, 0) is 77.6 Å². The molecule has 19 heteroatoms. The van der Waals surface area contributed by atoms with Crippen molar-refractivity contribution in [3.05, 3.63) is 83.0 Å². The lowest BCUT2D eigenvalue weighted by Crippen LogP contribution is -2.35. The van der Waals surface area contributed by atoms with Crippen LogP contribution < -0.4 is 18.9 Å². The maximum absolute atomic E-state index is 13.3. The molecule has 3 aliphatic rings. The number of carboxylic acid groups (broad SMARTS) is 1. The summed E-state index contributed by atoms with van der Waals surface area (Å²) in [5, 5.41) is 41.0. The van der Waals surface area contributed by atoms with Crippen molar-refractivity contribution in [3.63, 3.8) is 0 Å². The molecule has 3 aliphatic heterocycles. The molecule has 2 aromatic rings. The number of fused-ring (bicyclic) bond motifs is 2. The van der Waals surface area contributed by atoms with Crippen LogP contribution in [0.15, 0.2) is 60.7 Å². The van der Waals surface area contributed by atoms with E-state index in [2.05, 4.69) is 0 Å². The van der Waals surface area contributed by atoms with Gasteiger partial charge in [0.2, 0.25) is 0 Å². The van der Waals surface area contributed by atoms with Crippen molar-refractivity contribution in [3.8, 4) is 23.0 Å². The number of benzene rings is 2. The Balaban J connectivity index is 0.000000301. The Kier molecular flexibility index (Phi) is 21.6. The van der Waals surface area contributed by atoms with Crippen LogP contribution in [-0.4, -0.2) is 161 Å². The molecule has 0 saturated carbocycles. The van der Waals surface area contributed by atoms with Crippen molar-refractivity contribution in [1.82, 2.24) is 0 Å². The van der Waals surface area contributed by atoms with E-state index in [1.165, 1.54) is 54.8 Å². The number of carboxylic acids is 1. The van der Waals surface area contributed by atoms with Gasteiger partial charge in [0, 0.05) is 40.6 Å². The molecule has 0 bridgehead atoms. The van der Waals surface area contributed by atoms with Gasteiger partial charge >= 0.3 is 11.9 Å². The zero-order chi connectivity index (χ0) is 51.1. The van der Waals surface area contributed by atoms with Crippen LogP contribution in [0.5, 0.6) is 23.0 Å². The molecule has 2 unspecified atom stereocenters. The number of cyclic esters (lactones) is 1. The van der Waals surface area contributed by atoms with Crippen molar-refractivity contribution in [2.45, 2.75) is 127 Å². The fourth-order valence-corrected chi connectivity index (χ4v) is 7.79. The fourth-order valence-electron chi connectivity index (χ4n) is 7.79. The molecule has 0 radical (unpaired) electrons. The lowest BCUT2D eigenvalue weighted by atomic mass is 10.0. The maximum Gasteiger partial charge on any atom is 0.342 e. The average Bonchev–Trinajstić information content (AvgIpc) is 3.79. The van der Waals surface area contributed by atoms with Gasteiger partial charge in [-0.2, -0.15) is 0 Å². The summed E-state index contributed by atoms with van der Waals surface area (Å²) in [5.74, 6) is -2.21. The molecule has 384 valence electrons. The minimum absolute atomic E-state index is 0.0359. The summed E-state index contributed by atoms with van der Waals surface area (Å²) in [7, 11) is 8.90. The third-order valence-corrected chi connectivity index (χ3v) is 11.0. The number of carbonyl (C=O) groups is 2. The Bertz CT molecular complexity index is 2090. The average molecular weight is 975 g/mol. The Morgan fingerprint density at radius 3 is 2.10 bits per heavy atom. The van der Waals surface area contributed by atoms with Gasteiger partial charge in [0.05, 0.1) is 32.5 Å². The van der Waals surface area contributed by atoms with Gasteiger partial charge in [0.1, 0.15) is 76.9 Å². The van der Waals surface area contributed by atoms with Crippen LogP contribution in [0, 0.1) is 0 Å². The van der Waals surface area contributed by atoms with Gasteiger partial charge in [-0.1, -0.05) is 48.6 Å². The predicted molar refractivity (Wildman–Crippen MR) is 251 cm³/mol. The van der Waals surface area contributed by atoms with Crippen LogP contribution in [0.1, 0.15) is 86.2 Å². The van der Waals surface area contributed by atoms with Gasteiger partial charge in [-0.15, -0.1) is 0 Å². The highest BCUT2D eigenvalue weighted by Gasteiger charge is 2.45. The van der Waals surface area contributed by atoms with E-state index in [0.29, 0.717) is 35.5 Å². The molecule has 4 N–H and O–H groups in total. The molecule has 0 aromatic heterocycles. The molecular formula is C50H70O19. The second-order valence-electron chi connectivity index (χ2n) is 17.1. The van der Waals surface area contributed by atoms with Crippen LogP contribution in [0.25, 0.3) is 12.2 Å². The smallest absolute Gasteiger partial charge is 0.342 e. The Morgan fingerprint density at radius 2 is 1.49 bits per heavy atom. The molecule has 2 fully saturated rings.